The molecule has 0 heterocycles. The van der Waals surface area contributed by atoms with Gasteiger partial charge in [0.25, 0.3) is 0 Å². The van der Waals surface area contributed by atoms with Crippen LogP contribution >= 0.6 is 0 Å². The first-order chi connectivity index (χ1) is 9.95. The number of allylic oxidation sites excluding steroid dienone is 1. The van der Waals surface area contributed by atoms with E-state index < -0.39 is 0 Å². The number of aliphatic hydroxyl groups is 2. The molecule has 0 aromatic carbocycles. The summed E-state index contributed by atoms with van der Waals surface area (Å²) in [4.78, 5) is 0. The highest BCUT2D eigenvalue weighted by molar-refractivity contribution is 5.17. The highest BCUT2D eigenvalue weighted by Gasteiger charge is 2.59. The topological polar surface area (TPSA) is 40.5 Å². The molecule has 0 amide bonds. The van der Waals surface area contributed by atoms with E-state index in [0.717, 1.165) is 30.6 Å². The van der Waals surface area contributed by atoms with E-state index in [4.69, 9.17) is 0 Å². The second-order valence-corrected chi connectivity index (χ2v) is 8.82. The molecule has 4 rings (SSSR count). The van der Waals surface area contributed by atoms with E-state index in [-0.39, 0.29) is 23.0 Å². The fourth-order valence-corrected chi connectivity index (χ4v) is 6.76. The Hall–Kier alpha value is -0.340. The maximum absolute atomic E-state index is 10.5. The Labute approximate surface area is 128 Å². The Morgan fingerprint density at radius 1 is 0.952 bits per heavy atom. The first-order valence-corrected chi connectivity index (χ1v) is 9.00. The van der Waals surface area contributed by atoms with Gasteiger partial charge in [0.05, 0.1) is 12.2 Å². The van der Waals surface area contributed by atoms with Gasteiger partial charge in [-0.05, 0) is 79.4 Å². The summed E-state index contributed by atoms with van der Waals surface area (Å²) in [6.45, 7) is 4.80. The van der Waals surface area contributed by atoms with Gasteiger partial charge < -0.3 is 10.2 Å². The zero-order valence-electron chi connectivity index (χ0n) is 13.5. The summed E-state index contributed by atoms with van der Waals surface area (Å²) in [6.07, 6.45) is 12.4. The van der Waals surface area contributed by atoms with Gasteiger partial charge in [-0.25, -0.2) is 0 Å². The minimum atomic E-state index is -0.221. The molecule has 0 aromatic rings. The molecule has 0 radical (unpaired) electrons. The number of rotatable bonds is 0. The first kappa shape index (κ1) is 14.3. The highest BCUT2D eigenvalue weighted by atomic mass is 16.3. The van der Waals surface area contributed by atoms with Crippen molar-refractivity contribution in [3.63, 3.8) is 0 Å². The number of aliphatic hydroxyl groups excluding tert-OH is 2. The summed E-state index contributed by atoms with van der Waals surface area (Å²) >= 11 is 0. The van der Waals surface area contributed by atoms with Crippen LogP contribution in [0.4, 0.5) is 0 Å². The van der Waals surface area contributed by atoms with Gasteiger partial charge in [-0.2, -0.15) is 0 Å². The van der Waals surface area contributed by atoms with Crippen molar-refractivity contribution in [3.05, 3.63) is 12.2 Å². The zero-order chi connectivity index (χ0) is 14.8. The lowest BCUT2D eigenvalue weighted by Crippen LogP contribution is -2.53. The van der Waals surface area contributed by atoms with Crippen molar-refractivity contribution in [1.82, 2.24) is 0 Å². The van der Waals surface area contributed by atoms with E-state index in [1.807, 2.05) is 0 Å². The van der Waals surface area contributed by atoms with Crippen molar-refractivity contribution in [2.45, 2.75) is 71.0 Å². The molecule has 0 bridgehead atoms. The molecule has 0 saturated heterocycles. The van der Waals surface area contributed by atoms with Crippen LogP contribution in [0, 0.1) is 34.5 Å². The van der Waals surface area contributed by atoms with Gasteiger partial charge in [-0.1, -0.05) is 26.0 Å². The van der Waals surface area contributed by atoms with Crippen LogP contribution in [-0.4, -0.2) is 22.4 Å². The van der Waals surface area contributed by atoms with Crippen molar-refractivity contribution in [3.8, 4) is 0 Å². The minimum Gasteiger partial charge on any atom is -0.393 e. The van der Waals surface area contributed by atoms with E-state index in [1.54, 1.807) is 0 Å². The van der Waals surface area contributed by atoms with Crippen molar-refractivity contribution in [2.24, 2.45) is 34.5 Å². The molecule has 2 N–H and O–H groups in total. The number of hydrogen-bond acceptors (Lipinski definition) is 2. The summed E-state index contributed by atoms with van der Waals surface area (Å²) in [5, 5.41) is 20.4. The van der Waals surface area contributed by atoms with E-state index >= 15 is 0 Å². The second kappa shape index (κ2) is 4.58. The monoisotopic (exact) mass is 290 g/mol. The van der Waals surface area contributed by atoms with E-state index in [0.29, 0.717) is 5.92 Å². The molecule has 0 aromatic heterocycles. The Morgan fingerprint density at radius 2 is 1.76 bits per heavy atom. The van der Waals surface area contributed by atoms with Crippen LogP contribution in [0.25, 0.3) is 0 Å². The van der Waals surface area contributed by atoms with Crippen molar-refractivity contribution in [1.29, 1.82) is 0 Å². The van der Waals surface area contributed by atoms with E-state index in [2.05, 4.69) is 26.0 Å². The molecule has 2 nitrogen and oxygen atoms in total. The standard InChI is InChI=1S/C19H30O2/c1-18-9-7-13(20)11-12(18)3-4-14-15-5-6-17(21)19(15,2)10-8-16(14)18/h7,9,12-17,20-21H,3-6,8,10-11H2,1-2H3/t12-,13+,14-,15-,16-,17-,18-,19-/m0/s1. The first-order valence-electron chi connectivity index (χ1n) is 9.00. The lowest BCUT2D eigenvalue weighted by Gasteiger charge is -2.59. The highest BCUT2D eigenvalue weighted by Crippen LogP contribution is 2.65. The van der Waals surface area contributed by atoms with Crippen LogP contribution in [0.2, 0.25) is 0 Å². The lowest BCUT2D eigenvalue weighted by molar-refractivity contribution is -0.0994. The van der Waals surface area contributed by atoms with Crippen molar-refractivity contribution >= 4 is 0 Å². The lowest BCUT2D eigenvalue weighted by atomic mass is 9.46. The molecule has 8 atom stereocenters. The fraction of sp³-hybridized carbons (Fsp3) is 0.895. The van der Waals surface area contributed by atoms with Gasteiger partial charge in [-0.3, -0.25) is 0 Å². The maximum atomic E-state index is 10.5. The molecule has 0 spiro atoms. The average molecular weight is 290 g/mol. The SMILES string of the molecule is C[C@]12C=C[C@@H](O)C[C@@H]1CC[C@@H]1[C@@H]2CC[C@]2(C)[C@@H](O)CC[C@@H]12. The van der Waals surface area contributed by atoms with Crippen LogP contribution < -0.4 is 0 Å². The number of hydrogen-bond donors (Lipinski definition) is 2. The summed E-state index contributed by atoms with van der Waals surface area (Å²) in [5.41, 5.74) is 0.472. The quantitative estimate of drug-likeness (QED) is 0.670. The molecular weight excluding hydrogens is 260 g/mol. The molecular formula is C19H30O2. The zero-order valence-corrected chi connectivity index (χ0v) is 13.5. The summed E-state index contributed by atoms with van der Waals surface area (Å²) < 4.78 is 0. The van der Waals surface area contributed by atoms with Gasteiger partial charge >= 0.3 is 0 Å². The third-order valence-electron chi connectivity index (χ3n) is 8.12. The fourth-order valence-electron chi connectivity index (χ4n) is 6.76. The largest absolute Gasteiger partial charge is 0.393 e. The second-order valence-electron chi connectivity index (χ2n) is 8.82. The molecule has 3 saturated carbocycles. The number of fused-ring (bicyclic) bond motifs is 5. The van der Waals surface area contributed by atoms with Gasteiger partial charge in [0, 0.05) is 0 Å². The predicted octanol–water partition coefficient (Wildman–Crippen LogP) is 3.53. The Kier molecular flexibility index (Phi) is 3.11. The van der Waals surface area contributed by atoms with Crippen LogP contribution in [0.1, 0.15) is 58.8 Å². The molecule has 0 aliphatic heterocycles. The molecule has 4 aliphatic rings. The van der Waals surface area contributed by atoms with Crippen LogP contribution in [0.15, 0.2) is 12.2 Å². The molecule has 4 aliphatic carbocycles. The summed E-state index contributed by atoms with van der Waals surface area (Å²) in [5.74, 6) is 2.95. The molecule has 0 unspecified atom stereocenters. The van der Waals surface area contributed by atoms with Gasteiger partial charge in [0.2, 0.25) is 0 Å². The molecule has 21 heavy (non-hydrogen) atoms. The summed E-state index contributed by atoms with van der Waals surface area (Å²) in [7, 11) is 0. The molecule has 2 heteroatoms. The Balaban J connectivity index is 1.67. The Bertz CT molecular complexity index is 458. The third-order valence-corrected chi connectivity index (χ3v) is 8.12. The third kappa shape index (κ3) is 1.84. The van der Waals surface area contributed by atoms with Gasteiger partial charge in [-0.15, -0.1) is 0 Å². The van der Waals surface area contributed by atoms with E-state index in [9.17, 15) is 10.2 Å². The van der Waals surface area contributed by atoms with Gasteiger partial charge in [0.15, 0.2) is 0 Å². The minimum absolute atomic E-state index is 0.0716. The smallest absolute Gasteiger partial charge is 0.0724 e. The van der Waals surface area contributed by atoms with Crippen molar-refractivity contribution < 1.29 is 10.2 Å². The maximum Gasteiger partial charge on any atom is 0.0724 e. The predicted molar refractivity (Wildman–Crippen MR) is 83.6 cm³/mol. The van der Waals surface area contributed by atoms with Crippen LogP contribution in [0.5, 0.6) is 0 Å². The molecule has 3 fully saturated rings. The normalized spacial score (nSPS) is 59.2. The molecule has 118 valence electrons. The van der Waals surface area contributed by atoms with E-state index in [1.165, 1.54) is 32.1 Å². The Morgan fingerprint density at radius 3 is 2.57 bits per heavy atom. The van der Waals surface area contributed by atoms with Gasteiger partial charge in [0.1, 0.15) is 0 Å². The van der Waals surface area contributed by atoms with Crippen molar-refractivity contribution in [2.75, 3.05) is 0 Å². The van der Waals surface area contributed by atoms with Crippen LogP contribution in [0.3, 0.4) is 0 Å². The average Bonchev–Trinajstić information content (AvgIpc) is 2.76. The van der Waals surface area contributed by atoms with Crippen LogP contribution in [-0.2, 0) is 0 Å². The summed E-state index contributed by atoms with van der Waals surface area (Å²) in [6, 6.07) is 0.